The van der Waals surface area contributed by atoms with Crippen LogP contribution in [0.5, 0.6) is 0 Å². The lowest BCUT2D eigenvalue weighted by atomic mass is 10.1. The summed E-state index contributed by atoms with van der Waals surface area (Å²) in [4.78, 5) is 10.00. The third-order valence-electron chi connectivity index (χ3n) is 1.62. The van der Waals surface area contributed by atoms with E-state index >= 15 is 0 Å². The summed E-state index contributed by atoms with van der Waals surface area (Å²) in [5, 5.41) is 2.36. The standard InChI is InChI=1S/C9H9F2NO/c1-9(10,11)7-2-4-8(5-3-7)12-6-13/h2-6H,1H3,(H,12,13). The van der Waals surface area contributed by atoms with Crippen LogP contribution in [0.15, 0.2) is 24.3 Å². The minimum absolute atomic E-state index is 0.0658. The van der Waals surface area contributed by atoms with E-state index in [0.29, 0.717) is 12.1 Å². The second kappa shape index (κ2) is 3.51. The molecule has 0 aliphatic heterocycles. The Morgan fingerprint density at radius 3 is 2.23 bits per heavy atom. The average molecular weight is 185 g/mol. The van der Waals surface area contributed by atoms with E-state index in [1.54, 1.807) is 0 Å². The number of halogens is 2. The maximum Gasteiger partial charge on any atom is 0.270 e. The van der Waals surface area contributed by atoms with E-state index in [1.807, 2.05) is 0 Å². The number of nitrogens with one attached hydrogen (secondary N) is 1. The Labute approximate surface area is 74.6 Å². The van der Waals surface area contributed by atoms with Gasteiger partial charge in [-0.05, 0) is 12.1 Å². The minimum Gasteiger partial charge on any atom is -0.329 e. The van der Waals surface area contributed by atoms with Gasteiger partial charge in [0.1, 0.15) is 0 Å². The molecule has 1 aromatic rings. The first-order chi connectivity index (χ1) is 6.04. The van der Waals surface area contributed by atoms with Crippen molar-refractivity contribution in [3.8, 4) is 0 Å². The van der Waals surface area contributed by atoms with Crippen molar-refractivity contribution < 1.29 is 13.6 Å². The molecule has 0 atom stereocenters. The lowest BCUT2D eigenvalue weighted by Crippen LogP contribution is -2.06. The molecule has 0 aliphatic rings. The molecule has 1 aromatic carbocycles. The van der Waals surface area contributed by atoms with Crippen LogP contribution in [0.1, 0.15) is 12.5 Å². The Kier molecular flexibility index (Phi) is 2.60. The van der Waals surface area contributed by atoms with Crippen LogP contribution in [0.3, 0.4) is 0 Å². The van der Waals surface area contributed by atoms with Crippen LogP contribution in [-0.2, 0) is 10.7 Å². The van der Waals surface area contributed by atoms with Gasteiger partial charge in [0.05, 0.1) is 0 Å². The summed E-state index contributed by atoms with van der Waals surface area (Å²) in [5.41, 5.74) is 0.437. The molecule has 0 aliphatic carbocycles. The number of anilines is 1. The Morgan fingerprint density at radius 1 is 1.31 bits per heavy atom. The first kappa shape index (κ1) is 9.64. The monoisotopic (exact) mass is 185 g/mol. The van der Waals surface area contributed by atoms with Crippen LogP contribution < -0.4 is 5.32 Å². The highest BCUT2D eigenvalue weighted by molar-refractivity contribution is 5.71. The normalized spacial score (nSPS) is 11.0. The minimum atomic E-state index is -2.83. The van der Waals surface area contributed by atoms with Gasteiger partial charge in [0.15, 0.2) is 0 Å². The molecular weight excluding hydrogens is 176 g/mol. The van der Waals surface area contributed by atoms with E-state index in [0.717, 1.165) is 6.92 Å². The quantitative estimate of drug-likeness (QED) is 0.719. The van der Waals surface area contributed by atoms with Gasteiger partial charge in [-0.3, -0.25) is 4.79 Å². The Morgan fingerprint density at radius 2 is 1.85 bits per heavy atom. The maximum absolute atomic E-state index is 12.7. The molecule has 2 nitrogen and oxygen atoms in total. The van der Waals surface area contributed by atoms with Crippen molar-refractivity contribution in [3.63, 3.8) is 0 Å². The molecular formula is C9H9F2NO. The van der Waals surface area contributed by atoms with Gasteiger partial charge in [0, 0.05) is 18.2 Å². The molecule has 70 valence electrons. The van der Waals surface area contributed by atoms with E-state index in [2.05, 4.69) is 5.32 Å². The summed E-state index contributed by atoms with van der Waals surface area (Å²) in [6, 6.07) is 5.43. The molecule has 1 rings (SSSR count). The second-order valence-electron chi connectivity index (χ2n) is 2.73. The van der Waals surface area contributed by atoms with Crippen LogP contribution >= 0.6 is 0 Å². The number of carbonyl (C=O) groups is 1. The predicted molar refractivity (Wildman–Crippen MR) is 45.7 cm³/mol. The summed E-state index contributed by atoms with van der Waals surface area (Å²) >= 11 is 0. The van der Waals surface area contributed by atoms with Gasteiger partial charge >= 0.3 is 0 Å². The molecule has 0 spiro atoms. The highest BCUT2D eigenvalue weighted by Gasteiger charge is 2.23. The van der Waals surface area contributed by atoms with Crippen molar-refractivity contribution >= 4 is 12.1 Å². The van der Waals surface area contributed by atoms with Gasteiger partial charge in [-0.15, -0.1) is 0 Å². The van der Waals surface area contributed by atoms with Crippen molar-refractivity contribution in [1.29, 1.82) is 0 Å². The van der Waals surface area contributed by atoms with Crippen molar-refractivity contribution in [2.24, 2.45) is 0 Å². The number of hydrogen-bond acceptors (Lipinski definition) is 1. The molecule has 1 amide bonds. The molecule has 0 bridgehead atoms. The lowest BCUT2D eigenvalue weighted by Gasteiger charge is -2.10. The molecule has 4 heteroatoms. The van der Waals surface area contributed by atoms with Crippen molar-refractivity contribution in [3.05, 3.63) is 29.8 Å². The molecule has 0 saturated heterocycles. The van der Waals surface area contributed by atoms with Crippen LogP contribution in [0, 0.1) is 0 Å². The average Bonchev–Trinajstić information content (AvgIpc) is 2.04. The van der Waals surface area contributed by atoms with Crippen LogP contribution in [0.2, 0.25) is 0 Å². The molecule has 0 unspecified atom stereocenters. The van der Waals surface area contributed by atoms with E-state index < -0.39 is 5.92 Å². The number of rotatable bonds is 3. The molecule has 0 heterocycles. The first-order valence-electron chi connectivity index (χ1n) is 3.72. The van der Waals surface area contributed by atoms with Crippen LogP contribution in [0.25, 0.3) is 0 Å². The van der Waals surface area contributed by atoms with E-state index in [4.69, 9.17) is 0 Å². The molecule has 0 saturated carbocycles. The van der Waals surface area contributed by atoms with Gasteiger partial charge in [-0.2, -0.15) is 0 Å². The summed E-state index contributed by atoms with van der Waals surface area (Å²) in [6.07, 6.45) is 0.499. The molecule has 0 radical (unpaired) electrons. The van der Waals surface area contributed by atoms with Crippen molar-refractivity contribution in [1.82, 2.24) is 0 Å². The summed E-state index contributed by atoms with van der Waals surface area (Å²) in [6.45, 7) is 0.829. The van der Waals surface area contributed by atoms with Gasteiger partial charge < -0.3 is 5.32 Å². The highest BCUT2D eigenvalue weighted by atomic mass is 19.3. The zero-order valence-electron chi connectivity index (χ0n) is 7.05. The molecule has 0 fully saturated rings. The van der Waals surface area contributed by atoms with Gasteiger partial charge in [-0.25, -0.2) is 8.78 Å². The predicted octanol–water partition coefficient (Wildman–Crippen LogP) is 2.37. The van der Waals surface area contributed by atoms with E-state index in [-0.39, 0.29) is 5.56 Å². The zero-order chi connectivity index (χ0) is 9.90. The Balaban J connectivity index is 2.87. The fraction of sp³-hybridized carbons (Fsp3) is 0.222. The fourth-order valence-corrected chi connectivity index (χ4v) is 0.927. The third kappa shape index (κ3) is 2.50. The number of hydrogen-bond donors (Lipinski definition) is 1. The van der Waals surface area contributed by atoms with Gasteiger partial charge in [0.2, 0.25) is 6.41 Å². The van der Waals surface area contributed by atoms with Crippen LogP contribution in [0.4, 0.5) is 14.5 Å². The number of alkyl halides is 2. The Bertz CT molecular complexity index is 289. The van der Waals surface area contributed by atoms with E-state index in [9.17, 15) is 13.6 Å². The highest BCUT2D eigenvalue weighted by Crippen LogP contribution is 2.27. The molecule has 1 N–H and O–H groups in total. The Hall–Kier alpha value is -1.45. The molecule has 13 heavy (non-hydrogen) atoms. The number of carbonyl (C=O) groups excluding carboxylic acids is 1. The number of amides is 1. The topological polar surface area (TPSA) is 29.1 Å². The third-order valence-corrected chi connectivity index (χ3v) is 1.62. The summed E-state index contributed by atoms with van der Waals surface area (Å²) in [7, 11) is 0. The lowest BCUT2D eigenvalue weighted by molar-refractivity contribution is -0.105. The molecule has 0 aromatic heterocycles. The summed E-state index contributed by atoms with van der Waals surface area (Å²) in [5.74, 6) is -2.83. The maximum atomic E-state index is 12.7. The summed E-state index contributed by atoms with van der Waals surface area (Å²) < 4.78 is 25.4. The van der Waals surface area contributed by atoms with Gasteiger partial charge in [0.25, 0.3) is 5.92 Å². The SMILES string of the molecule is CC(F)(F)c1ccc(NC=O)cc1. The zero-order valence-corrected chi connectivity index (χ0v) is 7.05. The van der Waals surface area contributed by atoms with Crippen LogP contribution in [-0.4, -0.2) is 6.41 Å². The van der Waals surface area contributed by atoms with Gasteiger partial charge in [-0.1, -0.05) is 12.1 Å². The van der Waals surface area contributed by atoms with Crippen molar-refractivity contribution in [2.75, 3.05) is 5.32 Å². The second-order valence-corrected chi connectivity index (χ2v) is 2.73. The fourth-order valence-electron chi connectivity index (χ4n) is 0.927. The van der Waals surface area contributed by atoms with Crippen molar-refractivity contribution in [2.45, 2.75) is 12.8 Å². The smallest absolute Gasteiger partial charge is 0.270 e. The largest absolute Gasteiger partial charge is 0.329 e. The first-order valence-corrected chi connectivity index (χ1v) is 3.72. The van der Waals surface area contributed by atoms with E-state index in [1.165, 1.54) is 24.3 Å². The number of benzene rings is 1.